The maximum atomic E-state index is 13.0. The molecule has 7 heteroatoms. The molecule has 1 aliphatic rings. The number of carbonyl (C=O) groups is 2. The van der Waals surface area contributed by atoms with Crippen LogP contribution < -0.4 is 0 Å². The molecule has 1 aliphatic heterocycles. The van der Waals surface area contributed by atoms with E-state index in [4.69, 9.17) is 4.74 Å². The van der Waals surface area contributed by atoms with Gasteiger partial charge in [-0.25, -0.2) is 4.79 Å². The second-order valence-corrected chi connectivity index (χ2v) is 8.21. The zero-order valence-corrected chi connectivity index (χ0v) is 16.4. The highest BCUT2D eigenvalue weighted by Crippen LogP contribution is 2.20. The van der Waals surface area contributed by atoms with E-state index in [2.05, 4.69) is 6.26 Å². The number of carbonyl (C=O) groups excluding carboxylic acids is 2. The number of hydrogen-bond donors (Lipinski definition) is 0. The molecular weight excluding hydrogens is 338 g/mol. The highest BCUT2D eigenvalue weighted by molar-refractivity contribution is 7.98. The minimum atomic E-state index is -0.499. The van der Waals surface area contributed by atoms with Gasteiger partial charge in [0.1, 0.15) is 11.6 Å². The van der Waals surface area contributed by atoms with E-state index in [1.165, 1.54) is 0 Å². The van der Waals surface area contributed by atoms with E-state index in [0.717, 1.165) is 12.2 Å². The summed E-state index contributed by atoms with van der Waals surface area (Å²) in [7, 11) is 0. The molecule has 0 spiro atoms. The maximum Gasteiger partial charge on any atom is 0.410 e. The van der Waals surface area contributed by atoms with E-state index >= 15 is 0 Å². The van der Waals surface area contributed by atoms with Gasteiger partial charge in [0.2, 0.25) is 5.91 Å². The zero-order chi connectivity index (χ0) is 18.4. The summed E-state index contributed by atoms with van der Waals surface area (Å²) in [5, 5.41) is 0. The van der Waals surface area contributed by atoms with E-state index in [9.17, 15) is 9.59 Å². The van der Waals surface area contributed by atoms with Crippen molar-refractivity contribution in [1.29, 1.82) is 0 Å². The number of hydrogen-bond acceptors (Lipinski definition) is 4. The number of thioether (sulfide) groups is 1. The van der Waals surface area contributed by atoms with Crippen molar-refractivity contribution in [2.24, 2.45) is 0 Å². The van der Waals surface area contributed by atoms with E-state index in [-0.39, 0.29) is 18.0 Å². The minimum absolute atomic E-state index is 0.133. The molecule has 1 aromatic heterocycles. The number of nitrogens with zero attached hydrogens (tertiary/aromatic N) is 3. The molecule has 25 heavy (non-hydrogen) atoms. The lowest BCUT2D eigenvalue weighted by Gasteiger charge is -2.37. The molecular formula is C18H29N3O3S. The van der Waals surface area contributed by atoms with Crippen molar-refractivity contribution in [3.8, 4) is 0 Å². The number of piperazine rings is 1. The fourth-order valence-corrected chi connectivity index (χ4v) is 3.29. The van der Waals surface area contributed by atoms with Crippen molar-refractivity contribution < 1.29 is 14.3 Å². The number of rotatable bonds is 5. The van der Waals surface area contributed by atoms with Gasteiger partial charge in [0.05, 0.1) is 0 Å². The van der Waals surface area contributed by atoms with Crippen LogP contribution >= 0.6 is 11.8 Å². The summed E-state index contributed by atoms with van der Waals surface area (Å²) >= 11 is 1.75. The highest BCUT2D eigenvalue weighted by atomic mass is 32.2. The van der Waals surface area contributed by atoms with Crippen molar-refractivity contribution in [3.05, 3.63) is 24.5 Å². The first-order chi connectivity index (χ1) is 11.8. The Morgan fingerprint density at radius 3 is 2.16 bits per heavy atom. The Hall–Kier alpha value is -1.63. The molecule has 140 valence electrons. The van der Waals surface area contributed by atoms with E-state index < -0.39 is 5.60 Å². The topological polar surface area (TPSA) is 54.8 Å². The van der Waals surface area contributed by atoms with Gasteiger partial charge < -0.3 is 19.1 Å². The number of aromatic nitrogens is 1. The van der Waals surface area contributed by atoms with Gasteiger partial charge in [-0.2, -0.15) is 11.8 Å². The Kier molecular flexibility index (Phi) is 6.81. The zero-order valence-electron chi connectivity index (χ0n) is 15.6. The molecule has 0 bridgehead atoms. The lowest BCUT2D eigenvalue weighted by atomic mass is 10.1. The van der Waals surface area contributed by atoms with Crippen LogP contribution in [0.1, 0.15) is 33.2 Å². The van der Waals surface area contributed by atoms with Crippen LogP contribution in [0.5, 0.6) is 0 Å². The summed E-state index contributed by atoms with van der Waals surface area (Å²) in [6.07, 6.45) is 6.45. The van der Waals surface area contributed by atoms with Crippen molar-refractivity contribution in [2.45, 2.75) is 38.8 Å². The summed E-state index contributed by atoms with van der Waals surface area (Å²) < 4.78 is 7.39. The summed E-state index contributed by atoms with van der Waals surface area (Å²) in [6, 6.07) is 3.72. The first kappa shape index (κ1) is 19.7. The summed E-state index contributed by atoms with van der Waals surface area (Å²) in [6.45, 7) is 7.71. The van der Waals surface area contributed by atoms with Crippen molar-refractivity contribution >= 4 is 23.8 Å². The second kappa shape index (κ2) is 8.65. The maximum absolute atomic E-state index is 13.0. The molecule has 0 aliphatic carbocycles. The predicted octanol–water partition coefficient (Wildman–Crippen LogP) is 2.86. The fourth-order valence-electron chi connectivity index (χ4n) is 2.83. The van der Waals surface area contributed by atoms with Crippen LogP contribution in [0.15, 0.2) is 24.5 Å². The molecule has 1 aromatic rings. The van der Waals surface area contributed by atoms with Crippen LogP contribution in [-0.2, 0) is 9.53 Å². The Morgan fingerprint density at radius 1 is 1.08 bits per heavy atom. The molecule has 1 unspecified atom stereocenters. The van der Waals surface area contributed by atoms with Gasteiger partial charge in [-0.3, -0.25) is 4.79 Å². The first-order valence-electron chi connectivity index (χ1n) is 8.70. The summed E-state index contributed by atoms with van der Waals surface area (Å²) in [4.78, 5) is 28.7. The molecule has 2 rings (SSSR count). The van der Waals surface area contributed by atoms with Gasteiger partial charge in [0, 0.05) is 38.6 Å². The minimum Gasteiger partial charge on any atom is -0.444 e. The highest BCUT2D eigenvalue weighted by Gasteiger charge is 2.31. The normalized spacial score (nSPS) is 16.6. The molecule has 0 radical (unpaired) electrons. The van der Waals surface area contributed by atoms with Gasteiger partial charge in [0.15, 0.2) is 0 Å². The van der Waals surface area contributed by atoms with E-state index in [1.54, 1.807) is 16.7 Å². The van der Waals surface area contributed by atoms with E-state index in [1.807, 2.05) is 54.8 Å². The molecule has 1 fully saturated rings. The van der Waals surface area contributed by atoms with Gasteiger partial charge in [-0.1, -0.05) is 0 Å². The van der Waals surface area contributed by atoms with Gasteiger partial charge in [-0.15, -0.1) is 0 Å². The Balaban J connectivity index is 1.94. The summed E-state index contributed by atoms with van der Waals surface area (Å²) in [5.41, 5.74) is -0.499. The molecule has 2 amide bonds. The van der Waals surface area contributed by atoms with Crippen molar-refractivity contribution in [3.63, 3.8) is 0 Å². The lowest BCUT2D eigenvalue weighted by molar-refractivity contribution is -0.136. The van der Waals surface area contributed by atoms with Gasteiger partial charge in [0.25, 0.3) is 0 Å². The Labute approximate surface area is 154 Å². The number of ether oxygens (including phenoxy) is 1. The molecule has 6 nitrogen and oxygen atoms in total. The van der Waals surface area contributed by atoms with Crippen molar-refractivity contribution in [2.75, 3.05) is 38.2 Å². The molecule has 1 atom stereocenters. The Morgan fingerprint density at radius 2 is 1.64 bits per heavy atom. The van der Waals surface area contributed by atoms with Crippen LogP contribution in [0.3, 0.4) is 0 Å². The smallest absolute Gasteiger partial charge is 0.410 e. The fraction of sp³-hybridized carbons (Fsp3) is 0.667. The third kappa shape index (κ3) is 5.70. The molecule has 2 heterocycles. The average Bonchev–Trinajstić information content (AvgIpc) is 3.08. The third-order valence-electron chi connectivity index (χ3n) is 4.11. The Bertz CT molecular complexity index is 561. The second-order valence-electron chi connectivity index (χ2n) is 7.22. The van der Waals surface area contributed by atoms with Gasteiger partial charge in [-0.05, 0) is 51.3 Å². The molecule has 0 N–H and O–H groups in total. The SMILES string of the molecule is CSCCC(C(=O)N1CCN(C(=O)OC(C)(C)C)CC1)n1cccc1. The molecule has 0 aromatic carbocycles. The molecule has 0 saturated carbocycles. The quantitative estimate of drug-likeness (QED) is 0.803. The molecule has 1 saturated heterocycles. The van der Waals surface area contributed by atoms with E-state index in [0.29, 0.717) is 26.2 Å². The van der Waals surface area contributed by atoms with Crippen molar-refractivity contribution in [1.82, 2.24) is 14.4 Å². The van der Waals surface area contributed by atoms with Crippen LogP contribution in [0.25, 0.3) is 0 Å². The monoisotopic (exact) mass is 367 g/mol. The third-order valence-corrected chi connectivity index (χ3v) is 4.75. The lowest BCUT2D eigenvalue weighted by Crippen LogP contribution is -2.53. The number of amides is 2. The summed E-state index contributed by atoms with van der Waals surface area (Å²) in [5.74, 6) is 1.07. The van der Waals surface area contributed by atoms with Crippen LogP contribution in [0, 0.1) is 0 Å². The van der Waals surface area contributed by atoms with Crippen LogP contribution in [0.4, 0.5) is 4.79 Å². The predicted molar refractivity (Wildman–Crippen MR) is 101 cm³/mol. The van der Waals surface area contributed by atoms with Crippen LogP contribution in [-0.4, -0.2) is 70.2 Å². The average molecular weight is 368 g/mol. The van der Waals surface area contributed by atoms with Crippen LogP contribution in [0.2, 0.25) is 0 Å². The van der Waals surface area contributed by atoms with Gasteiger partial charge >= 0.3 is 6.09 Å². The first-order valence-corrected chi connectivity index (χ1v) is 10.1. The standard InChI is InChI=1S/C18H29N3O3S/c1-18(2,3)24-17(23)21-12-10-20(11-13-21)16(22)15(7-14-25-4)19-8-5-6-9-19/h5-6,8-9,15H,7,10-14H2,1-4H3. The largest absolute Gasteiger partial charge is 0.444 e.